The summed E-state index contributed by atoms with van der Waals surface area (Å²) in [5, 5.41) is 0.835. The van der Waals surface area contributed by atoms with E-state index < -0.39 is 0 Å². The number of aryl methyl sites for hydroxylation is 1. The molecule has 1 saturated heterocycles. The molecule has 0 aromatic heterocycles. The number of ether oxygens (including phenoxy) is 2. The zero-order chi connectivity index (χ0) is 17.8. The first-order valence-electron chi connectivity index (χ1n) is 8.67. The highest BCUT2D eigenvalue weighted by molar-refractivity contribution is 6.33. The quantitative estimate of drug-likeness (QED) is 0.886. The van der Waals surface area contributed by atoms with Gasteiger partial charge in [0.2, 0.25) is 0 Å². The Morgan fingerprint density at radius 2 is 1.68 bits per heavy atom. The highest BCUT2D eigenvalue weighted by Gasteiger charge is 2.22. The maximum absolute atomic E-state index is 6.33. The van der Waals surface area contributed by atoms with Crippen molar-refractivity contribution in [3.05, 3.63) is 52.5 Å². The number of nitrogens with zero attached hydrogens (tertiary/aromatic N) is 1. The molecule has 1 N–H and O–H groups in total. The second-order valence-electron chi connectivity index (χ2n) is 6.50. The molecule has 4 nitrogen and oxygen atoms in total. The molecule has 2 aromatic carbocycles. The van der Waals surface area contributed by atoms with Gasteiger partial charge in [0.15, 0.2) is 11.5 Å². The van der Waals surface area contributed by atoms with Gasteiger partial charge in [0.05, 0.1) is 51.1 Å². The molecule has 25 heavy (non-hydrogen) atoms. The Hall–Kier alpha value is -1.91. The van der Waals surface area contributed by atoms with E-state index in [9.17, 15) is 0 Å². The molecule has 0 saturated carbocycles. The van der Waals surface area contributed by atoms with Crippen LogP contribution in [0.5, 0.6) is 11.5 Å². The average Bonchev–Trinajstić information content (AvgIpc) is 2.64. The molecule has 1 heterocycles. The lowest BCUT2D eigenvalue weighted by Crippen LogP contribution is -3.13. The summed E-state index contributed by atoms with van der Waals surface area (Å²) in [6, 6.07) is 12.3. The van der Waals surface area contributed by atoms with Crippen molar-refractivity contribution >= 4 is 17.3 Å². The third-order valence-electron chi connectivity index (χ3n) is 4.95. The summed E-state index contributed by atoms with van der Waals surface area (Å²) in [5.74, 6) is 1.60. The van der Waals surface area contributed by atoms with Crippen molar-refractivity contribution in [2.24, 2.45) is 0 Å². The number of benzene rings is 2. The Bertz CT molecular complexity index is 728. The second kappa shape index (κ2) is 7.98. The van der Waals surface area contributed by atoms with Crippen LogP contribution in [-0.4, -0.2) is 40.4 Å². The molecule has 2 aromatic rings. The molecule has 0 bridgehead atoms. The lowest BCUT2D eigenvalue weighted by atomic mass is 10.1. The van der Waals surface area contributed by atoms with E-state index in [-0.39, 0.29) is 0 Å². The van der Waals surface area contributed by atoms with Crippen molar-refractivity contribution < 1.29 is 14.4 Å². The van der Waals surface area contributed by atoms with Crippen LogP contribution < -0.4 is 19.3 Å². The Morgan fingerprint density at radius 3 is 2.32 bits per heavy atom. The first kappa shape index (κ1) is 17.9. The zero-order valence-corrected chi connectivity index (χ0v) is 15.9. The van der Waals surface area contributed by atoms with Crippen molar-refractivity contribution in [1.29, 1.82) is 0 Å². The van der Waals surface area contributed by atoms with Crippen molar-refractivity contribution in [2.75, 3.05) is 45.3 Å². The minimum absolute atomic E-state index is 0.794. The van der Waals surface area contributed by atoms with E-state index in [1.54, 1.807) is 19.1 Å². The summed E-state index contributed by atoms with van der Waals surface area (Å²) < 4.78 is 10.8. The van der Waals surface area contributed by atoms with Gasteiger partial charge in [-0.2, -0.15) is 0 Å². The van der Waals surface area contributed by atoms with Crippen LogP contribution in [0.1, 0.15) is 11.1 Å². The maximum atomic E-state index is 6.33. The van der Waals surface area contributed by atoms with Crippen LogP contribution in [0.15, 0.2) is 36.4 Å². The largest absolute Gasteiger partial charge is 0.493 e. The molecule has 0 amide bonds. The van der Waals surface area contributed by atoms with Gasteiger partial charge in [-0.3, -0.25) is 0 Å². The predicted octanol–water partition coefficient (Wildman–Crippen LogP) is 2.57. The van der Waals surface area contributed by atoms with Gasteiger partial charge in [-0.1, -0.05) is 23.7 Å². The van der Waals surface area contributed by atoms with Crippen molar-refractivity contribution in [3.63, 3.8) is 0 Å². The van der Waals surface area contributed by atoms with E-state index in [1.807, 2.05) is 18.2 Å². The van der Waals surface area contributed by atoms with Crippen molar-refractivity contribution in [3.8, 4) is 11.5 Å². The number of anilines is 1. The minimum atomic E-state index is 0.794. The smallest absolute Gasteiger partial charge is 0.161 e. The fourth-order valence-corrected chi connectivity index (χ4v) is 3.69. The molecule has 5 heteroatoms. The summed E-state index contributed by atoms with van der Waals surface area (Å²) in [5.41, 5.74) is 3.71. The summed E-state index contributed by atoms with van der Waals surface area (Å²) in [7, 11) is 3.36. The summed E-state index contributed by atoms with van der Waals surface area (Å²) in [6.45, 7) is 7.37. The Kier molecular flexibility index (Phi) is 5.71. The van der Waals surface area contributed by atoms with Gasteiger partial charge in [-0.15, -0.1) is 0 Å². The average molecular weight is 362 g/mol. The number of quaternary nitrogens is 1. The number of rotatable bonds is 5. The van der Waals surface area contributed by atoms with Crippen LogP contribution in [0.2, 0.25) is 5.02 Å². The third kappa shape index (κ3) is 4.02. The fraction of sp³-hybridized carbons (Fsp3) is 0.400. The van der Waals surface area contributed by atoms with Crippen LogP contribution in [0.3, 0.4) is 0 Å². The van der Waals surface area contributed by atoms with Gasteiger partial charge in [-0.25, -0.2) is 0 Å². The number of hydrogen-bond acceptors (Lipinski definition) is 3. The van der Waals surface area contributed by atoms with Crippen molar-refractivity contribution in [1.82, 2.24) is 0 Å². The molecule has 0 aliphatic carbocycles. The summed E-state index contributed by atoms with van der Waals surface area (Å²) >= 11 is 6.33. The predicted molar refractivity (Wildman–Crippen MR) is 102 cm³/mol. The second-order valence-corrected chi connectivity index (χ2v) is 6.91. The number of para-hydroxylation sites is 1. The molecule has 3 rings (SSSR count). The Morgan fingerprint density at radius 1 is 1.04 bits per heavy atom. The minimum Gasteiger partial charge on any atom is -0.493 e. The first-order chi connectivity index (χ1) is 12.1. The maximum Gasteiger partial charge on any atom is 0.161 e. The summed E-state index contributed by atoms with van der Waals surface area (Å²) in [4.78, 5) is 3.96. The van der Waals surface area contributed by atoms with Crippen LogP contribution in [0.4, 0.5) is 5.69 Å². The monoisotopic (exact) mass is 361 g/mol. The molecule has 0 atom stereocenters. The topological polar surface area (TPSA) is 26.1 Å². The SMILES string of the molecule is COc1cc(C)c(C[NH+]2CCN(c3ccccc3Cl)CC2)cc1OC. The molecule has 134 valence electrons. The molecular formula is C20H26ClN2O2+. The lowest BCUT2D eigenvalue weighted by Gasteiger charge is -2.34. The van der Waals surface area contributed by atoms with Crippen LogP contribution >= 0.6 is 11.6 Å². The first-order valence-corrected chi connectivity index (χ1v) is 9.04. The molecule has 1 aliphatic rings. The van der Waals surface area contributed by atoms with Gasteiger partial charge in [0, 0.05) is 5.56 Å². The van der Waals surface area contributed by atoms with Crippen LogP contribution in [0, 0.1) is 6.92 Å². The van der Waals surface area contributed by atoms with E-state index in [0.29, 0.717) is 0 Å². The molecular weight excluding hydrogens is 336 g/mol. The number of methoxy groups -OCH3 is 2. The lowest BCUT2D eigenvalue weighted by molar-refractivity contribution is -0.914. The number of halogens is 1. The van der Waals surface area contributed by atoms with E-state index in [1.165, 1.54) is 11.1 Å². The third-order valence-corrected chi connectivity index (χ3v) is 5.27. The highest BCUT2D eigenvalue weighted by Crippen LogP contribution is 2.30. The highest BCUT2D eigenvalue weighted by atomic mass is 35.5. The Balaban J connectivity index is 1.65. The van der Waals surface area contributed by atoms with Gasteiger partial charge in [0.1, 0.15) is 6.54 Å². The van der Waals surface area contributed by atoms with Gasteiger partial charge < -0.3 is 19.3 Å². The van der Waals surface area contributed by atoms with E-state index in [2.05, 4.69) is 30.0 Å². The van der Waals surface area contributed by atoms with E-state index >= 15 is 0 Å². The standard InChI is InChI=1S/C20H25ClN2O2/c1-15-12-19(24-2)20(25-3)13-16(15)14-22-8-10-23(11-9-22)18-7-5-4-6-17(18)21/h4-7,12-13H,8-11,14H2,1-3H3/p+1. The molecule has 0 spiro atoms. The van der Waals surface area contributed by atoms with E-state index in [4.69, 9.17) is 21.1 Å². The number of piperazine rings is 1. The van der Waals surface area contributed by atoms with E-state index in [0.717, 1.165) is 54.9 Å². The van der Waals surface area contributed by atoms with Crippen LogP contribution in [-0.2, 0) is 6.54 Å². The van der Waals surface area contributed by atoms with Crippen molar-refractivity contribution in [2.45, 2.75) is 13.5 Å². The van der Waals surface area contributed by atoms with Gasteiger partial charge in [-0.05, 0) is 36.8 Å². The van der Waals surface area contributed by atoms with Gasteiger partial charge in [0.25, 0.3) is 0 Å². The molecule has 0 radical (unpaired) electrons. The molecule has 1 aliphatic heterocycles. The molecule has 1 fully saturated rings. The van der Waals surface area contributed by atoms with Gasteiger partial charge >= 0.3 is 0 Å². The fourth-order valence-electron chi connectivity index (χ4n) is 3.43. The Labute approximate surface area is 154 Å². The normalized spacial score (nSPS) is 15.3. The zero-order valence-electron chi connectivity index (χ0n) is 15.1. The summed E-state index contributed by atoms with van der Waals surface area (Å²) in [6.07, 6.45) is 0. The number of hydrogen-bond donors (Lipinski definition) is 1. The number of nitrogens with one attached hydrogen (secondary N) is 1. The molecule has 0 unspecified atom stereocenters. The van der Waals surface area contributed by atoms with Crippen LogP contribution in [0.25, 0.3) is 0 Å².